The minimum atomic E-state index is -0.926. The van der Waals surface area contributed by atoms with Crippen molar-refractivity contribution in [1.82, 2.24) is 10.2 Å². The number of hydrogen-bond donors (Lipinski definition) is 2. The van der Waals surface area contributed by atoms with Crippen LogP contribution in [0.15, 0.2) is 18.2 Å². The van der Waals surface area contributed by atoms with E-state index in [-0.39, 0.29) is 24.7 Å². The van der Waals surface area contributed by atoms with Gasteiger partial charge in [-0.25, -0.2) is 13.6 Å². The zero-order valence-corrected chi connectivity index (χ0v) is 12.6. The van der Waals surface area contributed by atoms with E-state index in [0.29, 0.717) is 18.4 Å². The molecule has 0 aliphatic rings. The normalized spacial score (nSPS) is 13.6. The maximum Gasteiger partial charge on any atom is 0.317 e. The summed E-state index contributed by atoms with van der Waals surface area (Å²) in [5.74, 6) is -1.83. The van der Waals surface area contributed by atoms with Gasteiger partial charge < -0.3 is 15.3 Å². The van der Waals surface area contributed by atoms with Gasteiger partial charge >= 0.3 is 6.03 Å². The number of halogens is 2. The zero-order chi connectivity index (χ0) is 16.0. The molecule has 0 bridgehead atoms. The zero-order valence-electron chi connectivity index (χ0n) is 12.6. The Balaban J connectivity index is 2.66. The highest BCUT2D eigenvalue weighted by Crippen LogP contribution is 2.21. The van der Waals surface area contributed by atoms with E-state index < -0.39 is 11.6 Å². The first-order chi connectivity index (χ1) is 9.86. The summed E-state index contributed by atoms with van der Waals surface area (Å²) in [7, 11) is 1.60. The van der Waals surface area contributed by atoms with Crippen molar-refractivity contribution in [3.05, 3.63) is 35.4 Å². The maximum absolute atomic E-state index is 13.2. The van der Waals surface area contributed by atoms with Gasteiger partial charge in [0.2, 0.25) is 0 Å². The van der Waals surface area contributed by atoms with Crippen LogP contribution in [-0.2, 0) is 0 Å². The van der Waals surface area contributed by atoms with Gasteiger partial charge in [-0.15, -0.1) is 0 Å². The monoisotopic (exact) mass is 300 g/mol. The summed E-state index contributed by atoms with van der Waals surface area (Å²) in [5.41, 5.74) is 0.523. The Morgan fingerprint density at radius 3 is 2.57 bits per heavy atom. The van der Waals surface area contributed by atoms with E-state index in [1.807, 2.05) is 6.92 Å². The topological polar surface area (TPSA) is 52.6 Å². The summed E-state index contributed by atoms with van der Waals surface area (Å²) < 4.78 is 26.2. The molecule has 4 nitrogen and oxygen atoms in total. The minimum absolute atomic E-state index is 0.0655. The van der Waals surface area contributed by atoms with Crippen LogP contribution in [0.1, 0.15) is 38.3 Å². The minimum Gasteiger partial charge on any atom is -0.396 e. The van der Waals surface area contributed by atoms with Crippen molar-refractivity contribution in [2.45, 2.75) is 38.8 Å². The van der Waals surface area contributed by atoms with Crippen LogP contribution in [0.2, 0.25) is 0 Å². The molecule has 21 heavy (non-hydrogen) atoms. The highest BCUT2D eigenvalue weighted by atomic mass is 19.2. The molecule has 0 aromatic heterocycles. The van der Waals surface area contributed by atoms with E-state index in [9.17, 15) is 13.6 Å². The average Bonchev–Trinajstić information content (AvgIpc) is 2.46. The van der Waals surface area contributed by atoms with Crippen LogP contribution >= 0.6 is 0 Å². The number of carbonyl (C=O) groups is 1. The number of amides is 2. The molecule has 0 saturated carbocycles. The molecule has 1 aromatic rings. The first-order valence-corrected chi connectivity index (χ1v) is 6.96. The lowest BCUT2D eigenvalue weighted by Gasteiger charge is -2.27. The summed E-state index contributed by atoms with van der Waals surface area (Å²) in [5, 5.41) is 11.6. The van der Waals surface area contributed by atoms with Gasteiger partial charge in [0.15, 0.2) is 11.6 Å². The molecule has 2 amide bonds. The van der Waals surface area contributed by atoms with E-state index in [4.69, 9.17) is 5.11 Å². The molecule has 6 heteroatoms. The molecular formula is C15H22F2N2O2. The van der Waals surface area contributed by atoms with E-state index in [1.165, 1.54) is 11.0 Å². The van der Waals surface area contributed by atoms with Gasteiger partial charge in [-0.3, -0.25) is 0 Å². The Hall–Kier alpha value is -1.69. The van der Waals surface area contributed by atoms with Crippen molar-refractivity contribution in [1.29, 1.82) is 0 Å². The summed E-state index contributed by atoms with van der Waals surface area (Å²) in [6.07, 6.45) is 1.29. The summed E-state index contributed by atoms with van der Waals surface area (Å²) in [6.45, 7) is 3.68. The number of nitrogens with one attached hydrogen (secondary N) is 1. The molecule has 0 saturated heterocycles. The van der Waals surface area contributed by atoms with Crippen molar-refractivity contribution in [2.75, 3.05) is 13.7 Å². The van der Waals surface area contributed by atoms with Gasteiger partial charge in [-0.1, -0.05) is 6.07 Å². The molecule has 0 radical (unpaired) electrons. The van der Waals surface area contributed by atoms with Crippen molar-refractivity contribution in [3.8, 4) is 0 Å². The van der Waals surface area contributed by atoms with Crippen LogP contribution in [0.5, 0.6) is 0 Å². The molecule has 0 aliphatic carbocycles. The molecule has 2 atom stereocenters. The number of carbonyl (C=O) groups excluding carboxylic acids is 1. The number of nitrogens with zero attached hydrogens (tertiary/aromatic N) is 1. The summed E-state index contributed by atoms with van der Waals surface area (Å²) in [4.78, 5) is 13.5. The highest BCUT2D eigenvalue weighted by Gasteiger charge is 2.19. The molecule has 1 aromatic carbocycles. The molecule has 118 valence electrons. The second-order valence-electron chi connectivity index (χ2n) is 5.18. The van der Waals surface area contributed by atoms with Crippen molar-refractivity contribution in [2.24, 2.45) is 0 Å². The second kappa shape index (κ2) is 7.93. The third-order valence-corrected chi connectivity index (χ3v) is 3.49. The van der Waals surface area contributed by atoms with Crippen LogP contribution in [0.25, 0.3) is 0 Å². The predicted molar refractivity (Wildman–Crippen MR) is 76.8 cm³/mol. The third kappa shape index (κ3) is 4.97. The fourth-order valence-corrected chi connectivity index (χ4v) is 1.95. The lowest BCUT2D eigenvalue weighted by molar-refractivity contribution is 0.189. The van der Waals surface area contributed by atoms with Crippen LogP contribution in [0.4, 0.5) is 13.6 Å². The van der Waals surface area contributed by atoms with Crippen molar-refractivity contribution in [3.63, 3.8) is 0 Å². The van der Waals surface area contributed by atoms with Gasteiger partial charge in [-0.2, -0.15) is 0 Å². The van der Waals surface area contributed by atoms with E-state index in [0.717, 1.165) is 12.1 Å². The largest absolute Gasteiger partial charge is 0.396 e. The Kier molecular flexibility index (Phi) is 6.55. The van der Waals surface area contributed by atoms with E-state index in [2.05, 4.69) is 5.32 Å². The second-order valence-corrected chi connectivity index (χ2v) is 5.18. The lowest BCUT2D eigenvalue weighted by Crippen LogP contribution is -2.43. The fourth-order valence-electron chi connectivity index (χ4n) is 1.95. The summed E-state index contributed by atoms with van der Waals surface area (Å²) in [6, 6.07) is 2.87. The van der Waals surface area contributed by atoms with Gasteiger partial charge in [0.1, 0.15) is 0 Å². The van der Waals surface area contributed by atoms with E-state index in [1.54, 1.807) is 14.0 Å². The first kappa shape index (κ1) is 17.4. The highest BCUT2D eigenvalue weighted by molar-refractivity contribution is 5.74. The average molecular weight is 300 g/mol. The smallest absolute Gasteiger partial charge is 0.317 e. The third-order valence-electron chi connectivity index (χ3n) is 3.49. The number of aliphatic hydroxyl groups excluding tert-OH is 1. The van der Waals surface area contributed by atoms with Crippen LogP contribution in [0, 0.1) is 11.6 Å². The quantitative estimate of drug-likeness (QED) is 0.849. The molecule has 1 rings (SSSR count). The fraction of sp³-hybridized carbons (Fsp3) is 0.533. The van der Waals surface area contributed by atoms with Gasteiger partial charge in [0.25, 0.3) is 0 Å². The van der Waals surface area contributed by atoms with Gasteiger partial charge in [0.05, 0.1) is 6.04 Å². The number of rotatable bonds is 6. The molecule has 0 heterocycles. The van der Waals surface area contributed by atoms with Crippen LogP contribution < -0.4 is 5.32 Å². The Morgan fingerprint density at radius 1 is 1.33 bits per heavy atom. The number of hydrogen-bond acceptors (Lipinski definition) is 2. The van der Waals surface area contributed by atoms with Crippen molar-refractivity contribution < 1.29 is 18.7 Å². The molecule has 0 aliphatic heterocycles. The van der Waals surface area contributed by atoms with Crippen molar-refractivity contribution >= 4 is 6.03 Å². The number of aliphatic hydroxyl groups is 1. The maximum atomic E-state index is 13.2. The SMILES string of the molecule is CC(CCCO)NC(=O)N(C)C(C)c1ccc(F)c(F)c1. The van der Waals surface area contributed by atoms with Crippen LogP contribution in [-0.4, -0.2) is 35.7 Å². The molecule has 0 spiro atoms. The Bertz CT molecular complexity index is 483. The summed E-state index contributed by atoms with van der Waals surface area (Å²) >= 11 is 0. The standard InChI is InChI=1S/C15H22F2N2O2/c1-10(5-4-8-20)18-15(21)19(3)11(2)12-6-7-13(16)14(17)9-12/h6-7,9-11,20H,4-5,8H2,1-3H3,(H,18,21). The molecule has 0 fully saturated rings. The van der Waals surface area contributed by atoms with Gasteiger partial charge in [-0.05, 0) is 44.4 Å². The molecule has 2 unspecified atom stereocenters. The van der Waals surface area contributed by atoms with E-state index >= 15 is 0 Å². The first-order valence-electron chi connectivity index (χ1n) is 6.96. The predicted octanol–water partition coefficient (Wildman–Crippen LogP) is 2.83. The Labute approximate surface area is 123 Å². The lowest BCUT2D eigenvalue weighted by atomic mass is 10.1. The number of benzene rings is 1. The molecular weight excluding hydrogens is 278 g/mol. The molecule has 2 N–H and O–H groups in total. The number of urea groups is 1. The van der Waals surface area contributed by atoms with Crippen LogP contribution in [0.3, 0.4) is 0 Å². The Morgan fingerprint density at radius 2 is 2.00 bits per heavy atom. The van der Waals surface area contributed by atoms with Gasteiger partial charge in [0, 0.05) is 19.7 Å².